The number of fused-ring (bicyclic) bond motifs is 3. The van der Waals surface area contributed by atoms with Crippen LogP contribution in [0.3, 0.4) is 0 Å². The zero-order valence-electron chi connectivity index (χ0n) is 16.3. The molecular weight excluding hydrogens is 414 g/mol. The molecule has 0 bridgehead atoms. The van der Waals surface area contributed by atoms with Gasteiger partial charge in [0.05, 0.1) is 5.75 Å². The molecule has 152 valence electrons. The molecule has 30 heavy (non-hydrogen) atoms. The fraction of sp³-hybridized carbons (Fsp3) is 0.227. The van der Waals surface area contributed by atoms with E-state index in [1.54, 1.807) is 0 Å². The number of amides is 1. The molecule has 4 aromatic rings. The Kier molecular flexibility index (Phi) is 5.42. The first-order valence-electron chi connectivity index (χ1n) is 9.86. The monoisotopic (exact) mass is 435 g/mol. The summed E-state index contributed by atoms with van der Waals surface area (Å²) in [5.74, 6) is 0.523. The molecule has 1 aliphatic heterocycles. The Hall–Kier alpha value is -2.84. The number of carbonyl (C=O) groups excluding carboxylic acids is 1. The maximum absolute atomic E-state index is 12.8. The summed E-state index contributed by atoms with van der Waals surface area (Å²) in [6.45, 7) is 2.12. The third-order valence-electron chi connectivity index (χ3n) is 5.25. The number of aromatic amines is 1. The van der Waals surface area contributed by atoms with Crippen molar-refractivity contribution in [2.75, 3.05) is 17.6 Å². The van der Waals surface area contributed by atoms with Crippen LogP contribution in [0.1, 0.15) is 16.8 Å². The predicted octanol–water partition coefficient (Wildman–Crippen LogP) is 4.31. The number of thioether (sulfide) groups is 1. The SMILES string of the molecule is O=C(CSc1nnc(NCc2ccccc2)s1)N1CCc2[nH]c3ccccc3c2C1. The van der Waals surface area contributed by atoms with Crippen molar-refractivity contribution in [2.45, 2.75) is 23.8 Å². The van der Waals surface area contributed by atoms with Gasteiger partial charge in [0, 0.05) is 48.2 Å². The van der Waals surface area contributed by atoms with E-state index in [0.717, 1.165) is 28.0 Å². The Labute approximate surface area is 182 Å². The predicted molar refractivity (Wildman–Crippen MR) is 122 cm³/mol. The van der Waals surface area contributed by atoms with Crippen molar-refractivity contribution in [3.63, 3.8) is 0 Å². The molecule has 3 heterocycles. The van der Waals surface area contributed by atoms with Gasteiger partial charge >= 0.3 is 0 Å². The van der Waals surface area contributed by atoms with Crippen molar-refractivity contribution in [3.05, 3.63) is 71.4 Å². The van der Waals surface area contributed by atoms with E-state index in [9.17, 15) is 4.79 Å². The van der Waals surface area contributed by atoms with E-state index in [4.69, 9.17) is 0 Å². The summed E-state index contributed by atoms with van der Waals surface area (Å²) in [5, 5.41) is 13.7. The van der Waals surface area contributed by atoms with Crippen molar-refractivity contribution in [2.24, 2.45) is 0 Å². The molecule has 5 rings (SSSR count). The van der Waals surface area contributed by atoms with E-state index in [1.807, 2.05) is 35.2 Å². The van der Waals surface area contributed by atoms with Gasteiger partial charge in [-0.15, -0.1) is 10.2 Å². The first-order valence-corrected chi connectivity index (χ1v) is 11.7. The van der Waals surface area contributed by atoms with Gasteiger partial charge in [0.25, 0.3) is 0 Å². The quantitative estimate of drug-likeness (QED) is 0.442. The van der Waals surface area contributed by atoms with Crippen molar-refractivity contribution >= 4 is 45.0 Å². The fourth-order valence-corrected chi connectivity index (χ4v) is 5.36. The van der Waals surface area contributed by atoms with Crippen LogP contribution in [0.25, 0.3) is 10.9 Å². The third kappa shape index (κ3) is 4.06. The van der Waals surface area contributed by atoms with Gasteiger partial charge in [-0.05, 0) is 11.6 Å². The number of rotatable bonds is 6. The van der Waals surface area contributed by atoms with Gasteiger partial charge in [-0.1, -0.05) is 71.6 Å². The lowest BCUT2D eigenvalue weighted by atomic mass is 10.0. The van der Waals surface area contributed by atoms with Crippen molar-refractivity contribution in [3.8, 4) is 0 Å². The average molecular weight is 436 g/mol. The molecular formula is C22H21N5OS2. The molecule has 2 aromatic carbocycles. The van der Waals surface area contributed by atoms with Gasteiger partial charge in [0.2, 0.25) is 11.0 Å². The Morgan fingerprint density at radius 3 is 2.87 bits per heavy atom. The van der Waals surface area contributed by atoms with Gasteiger partial charge in [-0.3, -0.25) is 4.79 Å². The van der Waals surface area contributed by atoms with Crippen molar-refractivity contribution in [1.29, 1.82) is 0 Å². The number of nitrogens with zero attached hydrogens (tertiary/aromatic N) is 3. The summed E-state index contributed by atoms with van der Waals surface area (Å²) < 4.78 is 0.809. The molecule has 0 fully saturated rings. The molecule has 8 heteroatoms. The van der Waals surface area contributed by atoms with Crippen LogP contribution in [-0.4, -0.2) is 38.3 Å². The number of aromatic nitrogens is 3. The minimum absolute atomic E-state index is 0.143. The van der Waals surface area contributed by atoms with Crippen LogP contribution in [0.4, 0.5) is 5.13 Å². The van der Waals surface area contributed by atoms with E-state index >= 15 is 0 Å². The number of para-hydroxylation sites is 1. The van der Waals surface area contributed by atoms with Gasteiger partial charge < -0.3 is 15.2 Å². The summed E-state index contributed by atoms with van der Waals surface area (Å²) in [6, 6.07) is 18.5. The lowest BCUT2D eigenvalue weighted by Crippen LogP contribution is -2.36. The molecule has 0 spiro atoms. The van der Waals surface area contributed by atoms with Crippen molar-refractivity contribution < 1.29 is 4.79 Å². The number of anilines is 1. The molecule has 2 N–H and O–H groups in total. The third-order valence-corrected chi connectivity index (χ3v) is 7.25. The Morgan fingerprint density at radius 2 is 1.97 bits per heavy atom. The maximum atomic E-state index is 12.8. The zero-order valence-corrected chi connectivity index (χ0v) is 17.9. The van der Waals surface area contributed by atoms with Crippen LogP contribution in [0.2, 0.25) is 0 Å². The molecule has 0 aliphatic carbocycles. The largest absolute Gasteiger partial charge is 0.358 e. The van der Waals surface area contributed by atoms with Crippen LogP contribution in [0, 0.1) is 0 Å². The normalized spacial score (nSPS) is 13.4. The number of carbonyl (C=O) groups is 1. The van der Waals surface area contributed by atoms with Crippen LogP contribution in [0.5, 0.6) is 0 Å². The highest BCUT2D eigenvalue weighted by molar-refractivity contribution is 8.01. The lowest BCUT2D eigenvalue weighted by Gasteiger charge is -2.27. The molecule has 0 atom stereocenters. The van der Waals surface area contributed by atoms with Crippen LogP contribution in [-0.2, 0) is 24.3 Å². The Morgan fingerprint density at radius 1 is 1.13 bits per heavy atom. The standard InChI is InChI=1S/C22H21N5OS2/c28-20(27-11-10-19-17(13-27)16-8-4-5-9-18(16)24-19)14-29-22-26-25-21(30-22)23-12-15-6-2-1-3-7-15/h1-9,24H,10-14H2,(H,23,25). The van der Waals surface area contributed by atoms with E-state index in [2.05, 4.69) is 44.8 Å². The van der Waals surface area contributed by atoms with Gasteiger partial charge in [-0.25, -0.2) is 0 Å². The second kappa shape index (κ2) is 8.49. The van der Waals surface area contributed by atoms with Gasteiger partial charge in [-0.2, -0.15) is 0 Å². The molecule has 1 amide bonds. The van der Waals surface area contributed by atoms with E-state index in [1.165, 1.54) is 45.3 Å². The average Bonchev–Trinajstić information content (AvgIpc) is 3.40. The number of hydrogen-bond donors (Lipinski definition) is 2. The second-order valence-corrected chi connectivity index (χ2v) is 9.39. The molecule has 1 aliphatic rings. The van der Waals surface area contributed by atoms with Crippen molar-refractivity contribution in [1.82, 2.24) is 20.1 Å². The highest BCUT2D eigenvalue weighted by atomic mass is 32.2. The number of nitrogens with one attached hydrogen (secondary N) is 2. The number of hydrogen-bond acceptors (Lipinski definition) is 6. The van der Waals surface area contributed by atoms with Gasteiger partial charge in [0.15, 0.2) is 4.34 Å². The van der Waals surface area contributed by atoms with E-state index in [0.29, 0.717) is 18.8 Å². The molecule has 2 aromatic heterocycles. The van der Waals surface area contributed by atoms with Crippen LogP contribution < -0.4 is 5.32 Å². The van der Waals surface area contributed by atoms with E-state index < -0.39 is 0 Å². The molecule has 0 saturated carbocycles. The topological polar surface area (TPSA) is 73.9 Å². The summed E-state index contributed by atoms with van der Waals surface area (Å²) in [6.07, 6.45) is 0.868. The summed E-state index contributed by atoms with van der Waals surface area (Å²) in [7, 11) is 0. The molecule has 0 radical (unpaired) electrons. The number of H-pyrrole nitrogens is 1. The summed E-state index contributed by atoms with van der Waals surface area (Å²) in [4.78, 5) is 18.2. The van der Waals surface area contributed by atoms with Crippen LogP contribution in [0.15, 0.2) is 58.9 Å². The number of benzene rings is 2. The van der Waals surface area contributed by atoms with Crippen LogP contribution >= 0.6 is 23.1 Å². The zero-order chi connectivity index (χ0) is 20.3. The highest BCUT2D eigenvalue weighted by Gasteiger charge is 2.24. The minimum atomic E-state index is 0.143. The lowest BCUT2D eigenvalue weighted by molar-refractivity contribution is -0.129. The molecule has 0 saturated heterocycles. The Bertz CT molecular complexity index is 1170. The fourth-order valence-electron chi connectivity index (χ4n) is 3.71. The van der Waals surface area contributed by atoms with E-state index in [-0.39, 0.29) is 5.91 Å². The summed E-state index contributed by atoms with van der Waals surface area (Å²) >= 11 is 2.94. The minimum Gasteiger partial charge on any atom is -0.358 e. The van der Waals surface area contributed by atoms with Gasteiger partial charge in [0.1, 0.15) is 0 Å². The second-order valence-electron chi connectivity index (χ2n) is 7.19. The first-order chi connectivity index (χ1) is 14.8. The first kappa shape index (κ1) is 19.1. The summed E-state index contributed by atoms with van der Waals surface area (Å²) in [5.41, 5.74) is 4.85. The Balaban J connectivity index is 1.16. The maximum Gasteiger partial charge on any atom is 0.233 e. The molecule has 6 nitrogen and oxygen atoms in total. The highest BCUT2D eigenvalue weighted by Crippen LogP contribution is 2.29. The molecule has 0 unspecified atom stereocenters. The smallest absolute Gasteiger partial charge is 0.233 e.